The molecule has 0 unspecified atom stereocenters. The third-order valence-electron chi connectivity index (χ3n) is 3.23. The van der Waals surface area contributed by atoms with Crippen LogP contribution < -0.4 is 4.90 Å². The van der Waals surface area contributed by atoms with E-state index in [0.717, 1.165) is 4.90 Å². The molecule has 0 radical (unpaired) electrons. The number of benzene rings is 2. The Hall–Kier alpha value is -2.17. The Morgan fingerprint density at radius 1 is 0.909 bits per heavy atom. The quantitative estimate of drug-likeness (QED) is 0.778. The number of rotatable bonds is 2. The van der Waals surface area contributed by atoms with Gasteiger partial charge in [0.1, 0.15) is 10.8 Å². The molecule has 0 atom stereocenters. The van der Waals surface area contributed by atoms with E-state index in [1.54, 1.807) is 18.2 Å². The molecule has 2 amide bonds. The fourth-order valence-electron chi connectivity index (χ4n) is 2.22. The molecular formula is C16H8Cl2FNO2. The summed E-state index contributed by atoms with van der Waals surface area (Å²) >= 11 is 11.9. The first-order valence-electron chi connectivity index (χ1n) is 6.29. The molecule has 0 aromatic heterocycles. The number of hydrogen-bond acceptors (Lipinski definition) is 2. The Kier molecular flexibility index (Phi) is 3.72. The van der Waals surface area contributed by atoms with E-state index in [0.29, 0.717) is 16.3 Å². The van der Waals surface area contributed by atoms with Gasteiger partial charge in [-0.05, 0) is 35.9 Å². The van der Waals surface area contributed by atoms with Gasteiger partial charge in [0.05, 0.1) is 11.3 Å². The van der Waals surface area contributed by atoms with Crippen molar-refractivity contribution in [2.24, 2.45) is 0 Å². The number of halogens is 3. The average molecular weight is 336 g/mol. The predicted molar refractivity (Wildman–Crippen MR) is 83.1 cm³/mol. The fourth-order valence-corrected chi connectivity index (χ4v) is 2.68. The van der Waals surface area contributed by atoms with Gasteiger partial charge in [0, 0.05) is 5.02 Å². The highest BCUT2D eigenvalue weighted by atomic mass is 35.5. The highest BCUT2D eigenvalue weighted by Crippen LogP contribution is 2.35. The summed E-state index contributed by atoms with van der Waals surface area (Å²) in [5.74, 6) is -1.64. The zero-order valence-corrected chi connectivity index (χ0v) is 12.5. The van der Waals surface area contributed by atoms with Gasteiger partial charge in [-0.3, -0.25) is 9.59 Å². The molecule has 1 aliphatic heterocycles. The van der Waals surface area contributed by atoms with Crippen LogP contribution in [0.15, 0.2) is 53.6 Å². The van der Waals surface area contributed by atoms with Crippen LogP contribution in [-0.4, -0.2) is 11.8 Å². The summed E-state index contributed by atoms with van der Waals surface area (Å²) in [5, 5.41) is 0.195. The van der Waals surface area contributed by atoms with Crippen molar-refractivity contribution >= 4 is 46.3 Å². The number of anilines is 1. The third-order valence-corrected chi connectivity index (χ3v) is 3.81. The molecule has 1 aliphatic rings. The van der Waals surface area contributed by atoms with Crippen molar-refractivity contribution < 1.29 is 14.0 Å². The number of imide groups is 1. The van der Waals surface area contributed by atoms with Gasteiger partial charge >= 0.3 is 0 Å². The van der Waals surface area contributed by atoms with E-state index >= 15 is 0 Å². The minimum Gasteiger partial charge on any atom is -0.268 e. The summed E-state index contributed by atoms with van der Waals surface area (Å²) in [6, 6.07) is 11.5. The standard InChI is InChI=1S/C16H8Cl2FNO2/c17-10-2-1-3-12(8-10)20-15(21)13(14(18)16(20)22)9-4-6-11(19)7-5-9/h1-8H. The van der Waals surface area contributed by atoms with Gasteiger partial charge in [0.25, 0.3) is 11.8 Å². The first-order valence-corrected chi connectivity index (χ1v) is 7.04. The molecule has 3 nitrogen and oxygen atoms in total. The van der Waals surface area contributed by atoms with Gasteiger partial charge in [0.2, 0.25) is 0 Å². The molecule has 0 N–H and O–H groups in total. The van der Waals surface area contributed by atoms with Crippen LogP contribution in [0.3, 0.4) is 0 Å². The van der Waals surface area contributed by atoms with E-state index < -0.39 is 17.6 Å². The maximum Gasteiger partial charge on any atom is 0.277 e. The molecule has 2 aromatic carbocycles. The summed E-state index contributed by atoms with van der Waals surface area (Å²) in [7, 11) is 0. The molecular weight excluding hydrogens is 328 g/mol. The monoisotopic (exact) mass is 335 g/mol. The Morgan fingerprint density at radius 2 is 1.59 bits per heavy atom. The molecule has 0 saturated carbocycles. The second-order valence-electron chi connectivity index (χ2n) is 4.62. The molecule has 0 fully saturated rings. The Morgan fingerprint density at radius 3 is 2.23 bits per heavy atom. The maximum atomic E-state index is 13.0. The summed E-state index contributed by atoms with van der Waals surface area (Å²) in [6.07, 6.45) is 0. The van der Waals surface area contributed by atoms with Crippen molar-refractivity contribution in [3.05, 3.63) is 70.0 Å². The third kappa shape index (κ3) is 2.40. The zero-order chi connectivity index (χ0) is 15.9. The van der Waals surface area contributed by atoms with Crippen LogP contribution in [0.25, 0.3) is 5.57 Å². The molecule has 2 aromatic rings. The summed E-state index contributed by atoms with van der Waals surface area (Å²) < 4.78 is 13.0. The number of carbonyl (C=O) groups excluding carboxylic acids is 2. The lowest BCUT2D eigenvalue weighted by molar-refractivity contribution is -0.119. The molecule has 0 aliphatic carbocycles. The van der Waals surface area contributed by atoms with Crippen LogP contribution in [0.4, 0.5) is 10.1 Å². The van der Waals surface area contributed by atoms with E-state index in [-0.39, 0.29) is 10.6 Å². The summed E-state index contributed by atoms with van der Waals surface area (Å²) in [4.78, 5) is 25.8. The van der Waals surface area contributed by atoms with Crippen molar-refractivity contribution in [1.82, 2.24) is 0 Å². The molecule has 0 spiro atoms. The van der Waals surface area contributed by atoms with Gasteiger partial charge < -0.3 is 0 Å². The van der Waals surface area contributed by atoms with Crippen molar-refractivity contribution in [1.29, 1.82) is 0 Å². The second-order valence-corrected chi connectivity index (χ2v) is 5.44. The van der Waals surface area contributed by atoms with E-state index in [1.165, 1.54) is 30.3 Å². The average Bonchev–Trinajstić information content (AvgIpc) is 2.71. The predicted octanol–water partition coefficient (Wildman–Crippen LogP) is 4.00. The molecule has 0 bridgehead atoms. The highest BCUT2D eigenvalue weighted by Gasteiger charge is 2.39. The van der Waals surface area contributed by atoms with Gasteiger partial charge in [-0.15, -0.1) is 0 Å². The molecule has 1 heterocycles. The molecule has 22 heavy (non-hydrogen) atoms. The summed E-state index contributed by atoms with van der Waals surface area (Å²) in [6.45, 7) is 0. The molecule has 0 saturated heterocycles. The first-order chi connectivity index (χ1) is 10.5. The SMILES string of the molecule is O=C1C(Cl)=C(c2ccc(F)cc2)C(=O)N1c1cccc(Cl)c1. The lowest BCUT2D eigenvalue weighted by Crippen LogP contribution is -2.31. The van der Waals surface area contributed by atoms with Gasteiger partial charge in [-0.25, -0.2) is 9.29 Å². The van der Waals surface area contributed by atoms with Crippen molar-refractivity contribution in [3.8, 4) is 0 Å². The van der Waals surface area contributed by atoms with Crippen LogP contribution in [0.5, 0.6) is 0 Å². The van der Waals surface area contributed by atoms with E-state index in [9.17, 15) is 14.0 Å². The number of hydrogen-bond donors (Lipinski definition) is 0. The number of nitrogens with zero attached hydrogens (tertiary/aromatic N) is 1. The molecule has 110 valence electrons. The number of carbonyl (C=O) groups is 2. The second kappa shape index (κ2) is 5.55. The van der Waals surface area contributed by atoms with Gasteiger partial charge in [0.15, 0.2) is 0 Å². The summed E-state index contributed by atoms with van der Waals surface area (Å²) in [5.41, 5.74) is 0.763. The smallest absolute Gasteiger partial charge is 0.268 e. The normalized spacial score (nSPS) is 15.0. The van der Waals surface area contributed by atoms with Crippen molar-refractivity contribution in [2.75, 3.05) is 4.90 Å². The lowest BCUT2D eigenvalue weighted by atomic mass is 10.1. The Labute approximate surface area is 135 Å². The van der Waals surface area contributed by atoms with Gasteiger partial charge in [-0.2, -0.15) is 0 Å². The first kappa shape index (κ1) is 14.8. The van der Waals surface area contributed by atoms with Gasteiger partial charge in [-0.1, -0.05) is 41.4 Å². The van der Waals surface area contributed by atoms with Crippen LogP contribution >= 0.6 is 23.2 Å². The maximum absolute atomic E-state index is 13.0. The minimum atomic E-state index is -0.631. The van der Waals surface area contributed by atoms with Crippen LogP contribution in [0, 0.1) is 5.82 Å². The van der Waals surface area contributed by atoms with E-state index in [2.05, 4.69) is 0 Å². The highest BCUT2D eigenvalue weighted by molar-refractivity contribution is 6.60. The van der Waals surface area contributed by atoms with Crippen LogP contribution in [0.2, 0.25) is 5.02 Å². The number of amides is 2. The largest absolute Gasteiger partial charge is 0.277 e. The topological polar surface area (TPSA) is 37.4 Å². The Bertz CT molecular complexity index is 815. The van der Waals surface area contributed by atoms with E-state index in [4.69, 9.17) is 23.2 Å². The minimum absolute atomic E-state index is 0.0478. The van der Waals surface area contributed by atoms with Crippen molar-refractivity contribution in [2.45, 2.75) is 0 Å². The fraction of sp³-hybridized carbons (Fsp3) is 0. The molecule has 6 heteroatoms. The van der Waals surface area contributed by atoms with Crippen LogP contribution in [-0.2, 0) is 9.59 Å². The van der Waals surface area contributed by atoms with Crippen molar-refractivity contribution in [3.63, 3.8) is 0 Å². The molecule has 3 rings (SSSR count). The lowest BCUT2D eigenvalue weighted by Gasteiger charge is -2.15. The Balaban J connectivity index is 2.05. The van der Waals surface area contributed by atoms with E-state index in [1.807, 2.05) is 0 Å². The van der Waals surface area contributed by atoms with Crippen LogP contribution in [0.1, 0.15) is 5.56 Å². The zero-order valence-electron chi connectivity index (χ0n) is 11.0.